The summed E-state index contributed by atoms with van der Waals surface area (Å²) in [5, 5.41) is 3.25. The molecule has 0 aliphatic carbocycles. The van der Waals surface area contributed by atoms with Crippen molar-refractivity contribution in [1.82, 2.24) is 9.88 Å². The summed E-state index contributed by atoms with van der Waals surface area (Å²) in [6, 6.07) is 7.74. The molecule has 122 valence electrons. The summed E-state index contributed by atoms with van der Waals surface area (Å²) < 4.78 is 5.35. The lowest BCUT2D eigenvalue weighted by Gasteiger charge is -2.32. The molecule has 1 aromatic carbocycles. The van der Waals surface area contributed by atoms with Gasteiger partial charge in [0.2, 0.25) is 5.91 Å². The van der Waals surface area contributed by atoms with E-state index in [-0.39, 0.29) is 5.91 Å². The summed E-state index contributed by atoms with van der Waals surface area (Å²) in [6.45, 7) is 3.64. The predicted molar refractivity (Wildman–Crippen MR) is 92.1 cm³/mol. The van der Waals surface area contributed by atoms with Crippen LogP contribution in [0, 0.1) is 6.92 Å². The van der Waals surface area contributed by atoms with E-state index in [1.807, 2.05) is 36.1 Å². The van der Waals surface area contributed by atoms with Gasteiger partial charge in [0.05, 0.1) is 18.5 Å². The highest BCUT2D eigenvalue weighted by molar-refractivity contribution is 7.09. The average Bonchev–Trinajstić information content (AvgIpc) is 3.02. The fourth-order valence-corrected chi connectivity index (χ4v) is 4.01. The summed E-state index contributed by atoms with van der Waals surface area (Å²) in [4.78, 5) is 19.3. The Kier molecular flexibility index (Phi) is 4.96. The fourth-order valence-electron chi connectivity index (χ4n) is 3.09. The van der Waals surface area contributed by atoms with Crippen LogP contribution in [-0.4, -0.2) is 36.0 Å². The number of rotatable bonds is 4. The highest BCUT2D eigenvalue weighted by Gasteiger charge is 2.26. The summed E-state index contributed by atoms with van der Waals surface area (Å²) >= 11 is 1.71. The molecule has 1 unspecified atom stereocenters. The molecule has 0 N–H and O–H groups in total. The number of carbonyl (C=O) groups is 1. The number of ether oxygens (including phenoxy) is 1. The van der Waals surface area contributed by atoms with Gasteiger partial charge < -0.3 is 9.64 Å². The zero-order valence-corrected chi connectivity index (χ0v) is 14.4. The van der Waals surface area contributed by atoms with Crippen molar-refractivity contribution in [3.63, 3.8) is 0 Å². The van der Waals surface area contributed by atoms with E-state index in [0.29, 0.717) is 12.3 Å². The number of benzene rings is 1. The van der Waals surface area contributed by atoms with E-state index < -0.39 is 0 Å². The van der Waals surface area contributed by atoms with Gasteiger partial charge in [0.1, 0.15) is 5.75 Å². The number of likely N-dealkylation sites (tertiary alicyclic amines) is 1. The minimum atomic E-state index is 0.174. The molecule has 1 aliphatic rings. The van der Waals surface area contributed by atoms with Crippen LogP contribution in [0.15, 0.2) is 29.6 Å². The number of methoxy groups -OCH3 is 1. The predicted octanol–water partition coefficient (Wildman–Crippen LogP) is 3.41. The smallest absolute Gasteiger partial charge is 0.227 e. The third-order valence-electron chi connectivity index (χ3n) is 4.29. The summed E-state index contributed by atoms with van der Waals surface area (Å²) in [6.07, 6.45) is 2.56. The second kappa shape index (κ2) is 7.13. The van der Waals surface area contributed by atoms with E-state index >= 15 is 0 Å². The van der Waals surface area contributed by atoms with Gasteiger partial charge in [-0.15, -0.1) is 11.3 Å². The molecule has 1 aliphatic heterocycles. The molecule has 3 rings (SSSR count). The molecular formula is C18H22N2O2S. The molecular weight excluding hydrogens is 308 g/mol. The molecule has 1 fully saturated rings. The number of aromatic nitrogens is 1. The van der Waals surface area contributed by atoms with Gasteiger partial charge in [-0.2, -0.15) is 0 Å². The van der Waals surface area contributed by atoms with Crippen molar-refractivity contribution in [1.29, 1.82) is 0 Å². The van der Waals surface area contributed by atoms with Gasteiger partial charge in [-0.3, -0.25) is 4.79 Å². The summed E-state index contributed by atoms with van der Waals surface area (Å²) in [5.41, 5.74) is 2.02. The van der Waals surface area contributed by atoms with Crippen LogP contribution < -0.4 is 4.74 Å². The van der Waals surface area contributed by atoms with Crippen LogP contribution in [0.25, 0.3) is 0 Å². The normalized spacial score (nSPS) is 18.0. The van der Waals surface area contributed by atoms with Crippen LogP contribution in [0.2, 0.25) is 0 Å². The largest absolute Gasteiger partial charge is 0.496 e. The first-order chi connectivity index (χ1) is 11.2. The number of nitrogens with zero attached hydrogens (tertiary/aromatic N) is 2. The zero-order valence-electron chi connectivity index (χ0n) is 13.6. The monoisotopic (exact) mass is 330 g/mol. The van der Waals surface area contributed by atoms with Crippen LogP contribution in [-0.2, 0) is 11.2 Å². The Balaban J connectivity index is 1.67. The molecule has 1 atom stereocenters. The lowest BCUT2D eigenvalue weighted by molar-refractivity contribution is -0.131. The molecule has 1 amide bonds. The standard InChI is InChI=1S/C18H22N2O2S/c1-13-12-23-18(19-13)15-7-5-9-20(11-15)17(21)10-14-6-3-4-8-16(14)22-2/h3-4,6,8,12,15H,5,7,9-11H2,1-2H3. The van der Waals surface area contributed by atoms with E-state index in [2.05, 4.69) is 10.4 Å². The van der Waals surface area contributed by atoms with Crippen molar-refractivity contribution in [2.75, 3.05) is 20.2 Å². The van der Waals surface area contributed by atoms with Crippen molar-refractivity contribution in [2.45, 2.75) is 32.1 Å². The van der Waals surface area contributed by atoms with Crippen LogP contribution >= 0.6 is 11.3 Å². The SMILES string of the molecule is COc1ccccc1CC(=O)N1CCCC(c2nc(C)cs2)C1. The first-order valence-electron chi connectivity index (χ1n) is 7.99. The number of amides is 1. The molecule has 23 heavy (non-hydrogen) atoms. The first-order valence-corrected chi connectivity index (χ1v) is 8.87. The van der Waals surface area contributed by atoms with Crippen molar-refractivity contribution >= 4 is 17.2 Å². The van der Waals surface area contributed by atoms with Gasteiger partial charge in [0, 0.05) is 35.6 Å². The summed E-state index contributed by atoms with van der Waals surface area (Å²) in [5.74, 6) is 1.33. The molecule has 0 bridgehead atoms. The zero-order chi connectivity index (χ0) is 16.2. The maximum absolute atomic E-state index is 12.7. The van der Waals surface area contributed by atoms with Crippen molar-refractivity contribution in [3.05, 3.63) is 45.9 Å². The maximum atomic E-state index is 12.7. The molecule has 0 saturated carbocycles. The molecule has 5 heteroatoms. The van der Waals surface area contributed by atoms with E-state index in [1.165, 1.54) is 0 Å². The number of hydrogen-bond acceptors (Lipinski definition) is 4. The average molecular weight is 330 g/mol. The number of hydrogen-bond donors (Lipinski definition) is 0. The van der Waals surface area contributed by atoms with Crippen molar-refractivity contribution in [3.8, 4) is 5.75 Å². The Labute approximate surface area is 141 Å². The van der Waals surface area contributed by atoms with Crippen LogP contribution in [0.4, 0.5) is 0 Å². The molecule has 2 heterocycles. The second-order valence-electron chi connectivity index (χ2n) is 5.99. The Morgan fingerprint density at radius 1 is 1.43 bits per heavy atom. The quantitative estimate of drug-likeness (QED) is 0.863. The van der Waals surface area contributed by atoms with Crippen LogP contribution in [0.1, 0.15) is 35.0 Å². The molecule has 0 radical (unpaired) electrons. The minimum Gasteiger partial charge on any atom is -0.496 e. The lowest BCUT2D eigenvalue weighted by Crippen LogP contribution is -2.40. The molecule has 1 aromatic heterocycles. The highest BCUT2D eigenvalue weighted by atomic mass is 32.1. The van der Waals surface area contributed by atoms with Gasteiger partial charge in [-0.05, 0) is 25.8 Å². The Bertz CT molecular complexity index is 683. The van der Waals surface area contributed by atoms with E-state index in [9.17, 15) is 4.79 Å². The van der Waals surface area contributed by atoms with Gasteiger partial charge in [-0.25, -0.2) is 4.98 Å². The van der Waals surface area contributed by atoms with E-state index in [1.54, 1.807) is 18.4 Å². The van der Waals surface area contributed by atoms with Crippen LogP contribution in [0.5, 0.6) is 5.75 Å². The van der Waals surface area contributed by atoms with E-state index in [0.717, 1.165) is 47.9 Å². The third kappa shape index (κ3) is 3.72. The molecule has 0 spiro atoms. The third-order valence-corrected chi connectivity index (χ3v) is 5.42. The number of thiazole rings is 1. The van der Waals surface area contributed by atoms with Gasteiger partial charge in [-0.1, -0.05) is 18.2 Å². The lowest BCUT2D eigenvalue weighted by atomic mass is 9.98. The maximum Gasteiger partial charge on any atom is 0.227 e. The Hall–Kier alpha value is -1.88. The second-order valence-corrected chi connectivity index (χ2v) is 6.88. The minimum absolute atomic E-state index is 0.174. The summed E-state index contributed by atoms with van der Waals surface area (Å²) in [7, 11) is 1.64. The first kappa shape index (κ1) is 16.0. The van der Waals surface area contributed by atoms with Crippen molar-refractivity contribution in [2.24, 2.45) is 0 Å². The van der Waals surface area contributed by atoms with Crippen LogP contribution in [0.3, 0.4) is 0 Å². The number of aryl methyl sites for hydroxylation is 1. The number of para-hydroxylation sites is 1. The number of carbonyl (C=O) groups excluding carboxylic acids is 1. The molecule has 1 saturated heterocycles. The van der Waals surface area contributed by atoms with Gasteiger partial charge in [0.25, 0.3) is 0 Å². The Morgan fingerprint density at radius 2 is 2.26 bits per heavy atom. The van der Waals surface area contributed by atoms with Crippen molar-refractivity contribution < 1.29 is 9.53 Å². The Morgan fingerprint density at radius 3 is 3.00 bits per heavy atom. The topological polar surface area (TPSA) is 42.4 Å². The van der Waals surface area contributed by atoms with Gasteiger partial charge in [0.15, 0.2) is 0 Å². The molecule has 4 nitrogen and oxygen atoms in total. The fraction of sp³-hybridized carbons (Fsp3) is 0.444. The number of piperidine rings is 1. The van der Waals surface area contributed by atoms with E-state index in [4.69, 9.17) is 4.74 Å². The highest BCUT2D eigenvalue weighted by Crippen LogP contribution is 2.29. The van der Waals surface area contributed by atoms with Gasteiger partial charge >= 0.3 is 0 Å². The molecule has 2 aromatic rings.